The highest BCUT2D eigenvalue weighted by molar-refractivity contribution is 6.38. The first-order valence-corrected chi connectivity index (χ1v) is 8.61. The zero-order valence-corrected chi connectivity index (χ0v) is 15.3. The van der Waals surface area contributed by atoms with Crippen LogP contribution in [-0.4, -0.2) is 40.4 Å². The summed E-state index contributed by atoms with van der Waals surface area (Å²) in [7, 11) is 0. The van der Waals surface area contributed by atoms with Gasteiger partial charge in [0.15, 0.2) is 0 Å². The molecule has 1 heterocycles. The minimum Gasteiger partial charge on any atom is -0.369 e. The van der Waals surface area contributed by atoms with E-state index in [2.05, 4.69) is 17.2 Å². The highest BCUT2D eigenvalue weighted by Gasteiger charge is 2.28. The number of rotatable bonds is 7. The van der Waals surface area contributed by atoms with Crippen LogP contribution in [0.25, 0.3) is 0 Å². The van der Waals surface area contributed by atoms with Gasteiger partial charge in [0.05, 0.1) is 0 Å². The van der Waals surface area contributed by atoms with E-state index < -0.39 is 18.0 Å². The average molecular weight is 349 g/mol. The van der Waals surface area contributed by atoms with E-state index >= 15 is 0 Å². The number of hydrogen-bond donors (Lipinski definition) is 1. The largest absolute Gasteiger partial charge is 0.418 e. The fourth-order valence-electron chi connectivity index (χ4n) is 2.14. The molecule has 0 spiro atoms. The Balaban J connectivity index is 2.67. The molecule has 0 aliphatic heterocycles. The lowest BCUT2D eigenvalue weighted by Gasteiger charge is -2.30. The molecule has 0 aliphatic rings. The second-order valence-electron chi connectivity index (χ2n) is 6.21. The summed E-state index contributed by atoms with van der Waals surface area (Å²) in [6.45, 7) is 8.43. The summed E-state index contributed by atoms with van der Waals surface area (Å²) in [6.07, 6.45) is 3.49. The van der Waals surface area contributed by atoms with E-state index in [1.165, 1.54) is 17.2 Å². The molecule has 7 heteroatoms. The van der Waals surface area contributed by atoms with Crippen LogP contribution < -0.4 is 5.32 Å². The van der Waals surface area contributed by atoms with E-state index in [9.17, 15) is 14.4 Å². The van der Waals surface area contributed by atoms with Crippen molar-refractivity contribution in [2.24, 2.45) is 5.92 Å². The summed E-state index contributed by atoms with van der Waals surface area (Å²) in [5.41, 5.74) is 0. The molecule has 0 fully saturated rings. The minimum absolute atomic E-state index is 0.101. The van der Waals surface area contributed by atoms with Crippen LogP contribution in [0, 0.1) is 5.92 Å². The van der Waals surface area contributed by atoms with Crippen LogP contribution in [0.2, 0.25) is 0 Å². The summed E-state index contributed by atoms with van der Waals surface area (Å²) >= 11 is 0. The number of unbranched alkanes of at least 4 members (excludes halogenated alkanes) is 2. The molecule has 2 amide bonds. The van der Waals surface area contributed by atoms with Crippen LogP contribution in [-0.2, 0) is 14.3 Å². The van der Waals surface area contributed by atoms with Gasteiger partial charge in [0.25, 0.3) is 0 Å². The lowest BCUT2D eigenvalue weighted by Crippen LogP contribution is -2.44. The van der Waals surface area contributed by atoms with Gasteiger partial charge < -0.3 is 15.0 Å². The Morgan fingerprint density at radius 3 is 2.48 bits per heavy atom. The Morgan fingerprint density at radius 2 is 1.92 bits per heavy atom. The molecular formula is C18H27N3O4. The van der Waals surface area contributed by atoms with E-state index in [4.69, 9.17) is 4.74 Å². The molecule has 1 unspecified atom stereocenters. The number of amides is 2. The number of pyridine rings is 1. The molecule has 1 aromatic heterocycles. The molecule has 0 radical (unpaired) electrons. The van der Waals surface area contributed by atoms with E-state index in [0.717, 1.165) is 19.3 Å². The summed E-state index contributed by atoms with van der Waals surface area (Å²) in [4.78, 5) is 41.4. The van der Waals surface area contributed by atoms with Crippen molar-refractivity contribution in [2.75, 3.05) is 11.9 Å². The topological polar surface area (TPSA) is 88.6 Å². The van der Waals surface area contributed by atoms with Crippen molar-refractivity contribution < 1.29 is 19.1 Å². The van der Waals surface area contributed by atoms with Crippen molar-refractivity contribution in [3.63, 3.8) is 0 Å². The first kappa shape index (κ1) is 20.6. The SMILES string of the molecule is CCCCCN(C(=O)OC(=O)C(=O)Nc1ccccn1)C(C)C(C)C. The Hall–Kier alpha value is -2.44. The van der Waals surface area contributed by atoms with Gasteiger partial charge in [0.1, 0.15) is 5.82 Å². The second kappa shape index (κ2) is 10.4. The van der Waals surface area contributed by atoms with Crippen LogP contribution in [0.3, 0.4) is 0 Å². The lowest BCUT2D eigenvalue weighted by molar-refractivity contribution is -0.148. The quantitative estimate of drug-likeness (QED) is 0.353. The maximum atomic E-state index is 12.3. The fourth-order valence-corrected chi connectivity index (χ4v) is 2.14. The van der Waals surface area contributed by atoms with Crippen LogP contribution in [0.5, 0.6) is 0 Å². The first-order valence-electron chi connectivity index (χ1n) is 8.61. The van der Waals surface area contributed by atoms with Crippen LogP contribution in [0.4, 0.5) is 10.6 Å². The van der Waals surface area contributed by atoms with Gasteiger partial charge in [-0.05, 0) is 31.4 Å². The molecule has 0 aliphatic carbocycles. The number of aromatic nitrogens is 1. The fraction of sp³-hybridized carbons (Fsp3) is 0.556. The van der Waals surface area contributed by atoms with E-state index in [0.29, 0.717) is 6.54 Å². The van der Waals surface area contributed by atoms with Gasteiger partial charge in [-0.2, -0.15) is 0 Å². The van der Waals surface area contributed by atoms with Crippen molar-refractivity contribution in [3.05, 3.63) is 24.4 Å². The second-order valence-corrected chi connectivity index (χ2v) is 6.21. The maximum Gasteiger partial charge on any atom is 0.418 e. The molecule has 0 saturated heterocycles. The molecule has 1 N–H and O–H groups in total. The molecule has 0 aromatic carbocycles. The minimum atomic E-state index is -1.24. The summed E-state index contributed by atoms with van der Waals surface area (Å²) in [6, 6.07) is 4.78. The van der Waals surface area contributed by atoms with Crippen LogP contribution in [0.15, 0.2) is 24.4 Å². The van der Waals surface area contributed by atoms with Crippen molar-refractivity contribution in [2.45, 2.75) is 53.0 Å². The Kier molecular flexibility index (Phi) is 8.60. The molecule has 138 valence electrons. The van der Waals surface area contributed by atoms with Crippen molar-refractivity contribution in [1.82, 2.24) is 9.88 Å². The third-order valence-electron chi connectivity index (χ3n) is 3.97. The number of ether oxygens (including phenoxy) is 1. The lowest BCUT2D eigenvalue weighted by atomic mass is 10.0. The molecule has 25 heavy (non-hydrogen) atoms. The van der Waals surface area contributed by atoms with Gasteiger partial charge in [-0.25, -0.2) is 14.6 Å². The predicted molar refractivity (Wildman–Crippen MR) is 94.9 cm³/mol. The molecule has 0 saturated carbocycles. The van der Waals surface area contributed by atoms with Crippen molar-refractivity contribution in [3.8, 4) is 0 Å². The summed E-state index contributed by atoms with van der Waals surface area (Å²) in [5, 5.41) is 2.29. The Bertz CT molecular complexity index is 575. The average Bonchev–Trinajstić information content (AvgIpc) is 2.58. The molecule has 7 nitrogen and oxygen atoms in total. The zero-order valence-electron chi connectivity index (χ0n) is 15.3. The van der Waals surface area contributed by atoms with E-state index in [1.54, 1.807) is 12.1 Å². The smallest absolute Gasteiger partial charge is 0.369 e. The number of carbonyl (C=O) groups excluding carboxylic acids is 3. The van der Waals surface area contributed by atoms with Crippen molar-refractivity contribution in [1.29, 1.82) is 0 Å². The third-order valence-corrected chi connectivity index (χ3v) is 3.97. The highest BCUT2D eigenvalue weighted by Crippen LogP contribution is 2.14. The number of nitrogens with one attached hydrogen (secondary N) is 1. The number of hydrogen-bond acceptors (Lipinski definition) is 5. The normalized spacial score (nSPS) is 11.7. The first-order chi connectivity index (χ1) is 11.9. The monoisotopic (exact) mass is 349 g/mol. The number of anilines is 1. The predicted octanol–water partition coefficient (Wildman–Crippen LogP) is 3.22. The standard InChI is InChI=1S/C18H27N3O4/c1-5-6-9-12-21(14(4)13(2)3)18(24)25-17(23)16(22)20-15-10-7-8-11-19-15/h7-8,10-11,13-14H,5-6,9,12H2,1-4H3,(H,19,20,22). The zero-order chi connectivity index (χ0) is 18.8. The highest BCUT2D eigenvalue weighted by atomic mass is 16.6. The van der Waals surface area contributed by atoms with Crippen LogP contribution >= 0.6 is 0 Å². The van der Waals surface area contributed by atoms with Gasteiger partial charge in [-0.1, -0.05) is 39.7 Å². The van der Waals surface area contributed by atoms with Crippen LogP contribution in [0.1, 0.15) is 47.0 Å². The third kappa shape index (κ3) is 6.91. The van der Waals surface area contributed by atoms with Gasteiger partial charge in [0.2, 0.25) is 0 Å². The molecular weight excluding hydrogens is 322 g/mol. The number of carbonyl (C=O) groups is 3. The van der Waals surface area contributed by atoms with Crippen molar-refractivity contribution >= 4 is 23.8 Å². The van der Waals surface area contributed by atoms with E-state index in [-0.39, 0.29) is 17.8 Å². The molecule has 0 bridgehead atoms. The van der Waals surface area contributed by atoms with Gasteiger partial charge in [-0.15, -0.1) is 0 Å². The molecule has 1 aromatic rings. The maximum absolute atomic E-state index is 12.3. The Labute approximate surface area is 148 Å². The molecule has 1 atom stereocenters. The summed E-state index contributed by atoms with van der Waals surface area (Å²) < 4.78 is 4.76. The molecule has 1 rings (SSSR count). The Morgan fingerprint density at radius 1 is 1.20 bits per heavy atom. The number of nitrogens with zero attached hydrogens (tertiary/aromatic N) is 2. The van der Waals surface area contributed by atoms with E-state index in [1.807, 2.05) is 20.8 Å². The van der Waals surface area contributed by atoms with Gasteiger partial charge >= 0.3 is 18.0 Å². The summed E-state index contributed by atoms with van der Waals surface area (Å²) in [5.74, 6) is -1.86. The van der Waals surface area contributed by atoms with Gasteiger partial charge in [0, 0.05) is 18.8 Å². The van der Waals surface area contributed by atoms with Gasteiger partial charge in [-0.3, -0.25) is 4.79 Å². The number of esters is 1.